The fraction of sp³-hybridized carbons (Fsp3) is 0.250. The molecule has 94 valence electrons. The Hall–Kier alpha value is -1.98. The second-order valence-electron chi connectivity index (χ2n) is 4.06. The minimum Gasteiger partial charge on any atom is -0.353 e. The van der Waals surface area contributed by atoms with Crippen LogP contribution >= 0.6 is 0 Å². The normalized spacial score (nSPS) is 14.4. The van der Waals surface area contributed by atoms with Crippen LogP contribution in [0.5, 0.6) is 0 Å². The zero-order valence-corrected chi connectivity index (χ0v) is 9.21. The van der Waals surface area contributed by atoms with Crippen LogP contribution in [0.15, 0.2) is 28.8 Å². The third kappa shape index (κ3) is 1.64. The molecule has 0 bridgehead atoms. The van der Waals surface area contributed by atoms with Gasteiger partial charge >= 0.3 is 6.18 Å². The first-order valence-electron chi connectivity index (χ1n) is 5.46. The highest BCUT2D eigenvalue weighted by Gasteiger charge is 2.35. The summed E-state index contributed by atoms with van der Waals surface area (Å²) in [5.41, 5.74) is 0.376. The number of benzene rings is 1. The number of rotatable bonds is 1. The second-order valence-corrected chi connectivity index (χ2v) is 4.06. The Morgan fingerprint density at radius 1 is 1.22 bits per heavy atom. The molecule has 0 amide bonds. The van der Waals surface area contributed by atoms with Crippen molar-refractivity contribution < 1.29 is 17.7 Å². The molecule has 0 saturated heterocycles. The largest absolute Gasteiger partial charge is 0.417 e. The van der Waals surface area contributed by atoms with Crippen LogP contribution in [0.2, 0.25) is 0 Å². The van der Waals surface area contributed by atoms with E-state index in [9.17, 15) is 13.2 Å². The van der Waals surface area contributed by atoms with Crippen LogP contribution in [0.25, 0.3) is 11.3 Å². The highest BCUT2D eigenvalue weighted by atomic mass is 19.4. The molecule has 6 heteroatoms. The first-order chi connectivity index (χ1) is 8.57. The summed E-state index contributed by atoms with van der Waals surface area (Å²) in [6.07, 6.45) is -3.77. The molecular weight excluding hydrogens is 245 g/mol. The maximum absolute atomic E-state index is 12.9. The van der Waals surface area contributed by atoms with Gasteiger partial charge in [-0.2, -0.15) is 13.2 Å². The predicted octanol–water partition coefficient (Wildman–Crippen LogP) is 3.33. The minimum absolute atomic E-state index is 0.0682. The first kappa shape index (κ1) is 11.1. The molecule has 0 saturated carbocycles. The molecule has 0 spiro atoms. The van der Waals surface area contributed by atoms with Gasteiger partial charge in [-0.3, -0.25) is 0 Å². The van der Waals surface area contributed by atoms with Gasteiger partial charge in [-0.05, 0) is 12.5 Å². The Balaban J connectivity index is 2.17. The topological polar surface area (TPSA) is 38.1 Å². The molecule has 1 N–H and O–H groups in total. The van der Waals surface area contributed by atoms with Crippen molar-refractivity contribution in [2.24, 2.45) is 0 Å². The van der Waals surface area contributed by atoms with Gasteiger partial charge in [-0.1, -0.05) is 23.4 Å². The lowest BCUT2D eigenvalue weighted by atomic mass is 10.0. The lowest BCUT2D eigenvalue weighted by molar-refractivity contribution is -0.137. The summed E-state index contributed by atoms with van der Waals surface area (Å²) < 4.78 is 43.8. The SMILES string of the molecule is FC(F)(F)c1ccccc1-c1noc2c1CCN2. The van der Waals surface area contributed by atoms with E-state index in [2.05, 4.69) is 10.5 Å². The van der Waals surface area contributed by atoms with Crippen molar-refractivity contribution in [3.05, 3.63) is 35.4 Å². The number of halogens is 3. The molecule has 0 aliphatic carbocycles. The quantitative estimate of drug-likeness (QED) is 0.848. The van der Waals surface area contributed by atoms with Crippen molar-refractivity contribution in [2.75, 3.05) is 11.9 Å². The van der Waals surface area contributed by atoms with E-state index in [1.165, 1.54) is 12.1 Å². The number of nitrogens with one attached hydrogen (secondary N) is 1. The van der Waals surface area contributed by atoms with Gasteiger partial charge in [0.1, 0.15) is 5.69 Å². The Morgan fingerprint density at radius 2 is 2.00 bits per heavy atom. The molecule has 0 unspecified atom stereocenters. The van der Waals surface area contributed by atoms with E-state index < -0.39 is 11.7 Å². The van der Waals surface area contributed by atoms with Gasteiger partial charge in [-0.15, -0.1) is 0 Å². The fourth-order valence-electron chi connectivity index (χ4n) is 2.13. The zero-order chi connectivity index (χ0) is 12.8. The van der Waals surface area contributed by atoms with Crippen LogP contribution in [0.3, 0.4) is 0 Å². The van der Waals surface area contributed by atoms with E-state index in [4.69, 9.17) is 4.52 Å². The van der Waals surface area contributed by atoms with E-state index >= 15 is 0 Å². The maximum atomic E-state index is 12.9. The average molecular weight is 254 g/mol. The lowest BCUT2D eigenvalue weighted by Crippen LogP contribution is -2.07. The Bertz CT molecular complexity index is 589. The summed E-state index contributed by atoms with van der Waals surface area (Å²) >= 11 is 0. The first-order valence-corrected chi connectivity index (χ1v) is 5.46. The van der Waals surface area contributed by atoms with Crippen molar-refractivity contribution in [3.8, 4) is 11.3 Å². The van der Waals surface area contributed by atoms with Gasteiger partial charge in [0.25, 0.3) is 0 Å². The standard InChI is InChI=1S/C12H9F3N2O/c13-12(14,15)9-4-2-1-3-7(9)10-8-5-6-16-11(8)18-17-10/h1-4,16H,5-6H2. The van der Waals surface area contributed by atoms with Crippen molar-refractivity contribution in [2.45, 2.75) is 12.6 Å². The van der Waals surface area contributed by atoms with Crippen molar-refractivity contribution in [1.29, 1.82) is 0 Å². The monoisotopic (exact) mass is 254 g/mol. The van der Waals surface area contributed by atoms with Crippen LogP contribution in [0, 0.1) is 0 Å². The van der Waals surface area contributed by atoms with Crippen molar-refractivity contribution in [3.63, 3.8) is 0 Å². The molecule has 18 heavy (non-hydrogen) atoms. The Kier molecular flexibility index (Phi) is 2.33. The van der Waals surface area contributed by atoms with Gasteiger partial charge in [0, 0.05) is 17.7 Å². The summed E-state index contributed by atoms with van der Waals surface area (Å²) in [5, 5.41) is 6.68. The van der Waals surface area contributed by atoms with E-state index in [0.29, 0.717) is 24.4 Å². The van der Waals surface area contributed by atoms with Crippen LogP contribution in [-0.2, 0) is 12.6 Å². The van der Waals surface area contributed by atoms with E-state index in [1.54, 1.807) is 6.07 Å². The smallest absolute Gasteiger partial charge is 0.353 e. The second kappa shape index (κ2) is 3.76. The van der Waals surface area contributed by atoms with Crippen LogP contribution < -0.4 is 5.32 Å². The van der Waals surface area contributed by atoms with Crippen LogP contribution in [0.4, 0.5) is 19.1 Å². The molecule has 2 aromatic rings. The number of fused-ring (bicyclic) bond motifs is 1. The Morgan fingerprint density at radius 3 is 2.78 bits per heavy atom. The summed E-state index contributed by atoms with van der Waals surface area (Å²) in [4.78, 5) is 0. The van der Waals surface area contributed by atoms with E-state index in [0.717, 1.165) is 6.07 Å². The zero-order valence-electron chi connectivity index (χ0n) is 9.21. The summed E-state index contributed by atoms with van der Waals surface area (Å²) in [6.45, 7) is 0.665. The minimum atomic E-state index is -4.39. The molecule has 0 fully saturated rings. The maximum Gasteiger partial charge on any atom is 0.417 e. The van der Waals surface area contributed by atoms with Crippen molar-refractivity contribution in [1.82, 2.24) is 5.16 Å². The molecule has 1 aromatic carbocycles. The molecule has 1 aliphatic rings. The molecule has 0 radical (unpaired) electrons. The molecular formula is C12H9F3N2O. The third-order valence-corrected chi connectivity index (χ3v) is 2.94. The fourth-order valence-corrected chi connectivity index (χ4v) is 2.13. The number of hydrogen-bond acceptors (Lipinski definition) is 3. The molecule has 2 heterocycles. The summed E-state index contributed by atoms with van der Waals surface area (Å²) in [7, 11) is 0. The van der Waals surface area contributed by atoms with E-state index in [1.807, 2.05) is 0 Å². The summed E-state index contributed by atoms with van der Waals surface area (Å²) in [5.74, 6) is 0.474. The van der Waals surface area contributed by atoms with Crippen LogP contribution in [0.1, 0.15) is 11.1 Å². The molecule has 1 aliphatic heterocycles. The Labute approximate surface area is 101 Å². The van der Waals surface area contributed by atoms with Gasteiger partial charge in [0.2, 0.25) is 5.88 Å². The van der Waals surface area contributed by atoms with Gasteiger partial charge in [0.05, 0.1) is 5.56 Å². The van der Waals surface area contributed by atoms with E-state index in [-0.39, 0.29) is 11.3 Å². The van der Waals surface area contributed by atoms with Crippen molar-refractivity contribution >= 4 is 5.88 Å². The number of aromatic nitrogens is 1. The predicted molar refractivity (Wildman–Crippen MR) is 59.1 cm³/mol. The highest BCUT2D eigenvalue weighted by molar-refractivity contribution is 5.72. The van der Waals surface area contributed by atoms with Gasteiger partial charge in [-0.25, -0.2) is 0 Å². The number of hydrogen-bond donors (Lipinski definition) is 1. The molecule has 3 nitrogen and oxygen atoms in total. The lowest BCUT2D eigenvalue weighted by Gasteiger charge is -2.11. The van der Waals surface area contributed by atoms with Gasteiger partial charge < -0.3 is 9.84 Å². The molecule has 1 aromatic heterocycles. The van der Waals surface area contributed by atoms with Gasteiger partial charge in [0.15, 0.2) is 0 Å². The number of nitrogens with zero attached hydrogens (tertiary/aromatic N) is 1. The number of alkyl halides is 3. The summed E-state index contributed by atoms with van der Waals surface area (Å²) in [6, 6.07) is 5.40. The average Bonchev–Trinajstić information content (AvgIpc) is 2.89. The molecule has 3 rings (SSSR count). The molecule has 0 atom stereocenters. The third-order valence-electron chi connectivity index (χ3n) is 2.94. The highest BCUT2D eigenvalue weighted by Crippen LogP contribution is 2.40. The van der Waals surface area contributed by atoms with Crippen LogP contribution in [-0.4, -0.2) is 11.7 Å². The number of anilines is 1.